The average Bonchev–Trinajstić information content (AvgIpc) is 3.51. The lowest BCUT2D eigenvalue weighted by atomic mass is 10.0. The fraction of sp³-hybridized carbons (Fsp3) is 0.667. The lowest BCUT2D eigenvalue weighted by Crippen LogP contribution is -2.49. The predicted molar refractivity (Wildman–Crippen MR) is 124 cm³/mol. The van der Waals surface area contributed by atoms with E-state index in [-0.39, 0.29) is 35.8 Å². The Kier molecular flexibility index (Phi) is 7.58. The summed E-state index contributed by atoms with van der Waals surface area (Å²) in [7, 11) is -1.80. The standard InChI is InChI=1S/C24H36N2O5S/c1-17-13-26(18(2)16-27)32(29,30)23-9-8-19(10-11-24(3,4)28)12-21(23)31-22(17)15-25(5)14-20-6-7-20/h8-9,12,17-18,20,22,27-28H,6-7,13-16H2,1-5H3/t17-,18-,22-/m0/s1. The lowest BCUT2D eigenvalue weighted by molar-refractivity contribution is 0.0740. The maximum atomic E-state index is 13.5. The molecule has 1 aromatic carbocycles. The van der Waals surface area contributed by atoms with Crippen molar-refractivity contribution in [2.24, 2.45) is 11.8 Å². The van der Waals surface area contributed by atoms with E-state index in [0.29, 0.717) is 12.1 Å². The molecule has 0 amide bonds. The number of ether oxygens (including phenoxy) is 1. The molecule has 1 aliphatic heterocycles. The third-order valence-electron chi connectivity index (χ3n) is 5.94. The van der Waals surface area contributed by atoms with E-state index in [0.717, 1.165) is 12.5 Å². The highest BCUT2D eigenvalue weighted by Gasteiger charge is 2.38. The zero-order valence-electron chi connectivity index (χ0n) is 19.7. The number of likely N-dealkylation sites (N-methyl/N-ethyl adjacent to an activating group) is 1. The summed E-state index contributed by atoms with van der Waals surface area (Å²) in [5, 5.41) is 19.7. The number of fused-ring (bicyclic) bond motifs is 1. The van der Waals surface area contributed by atoms with Crippen molar-refractivity contribution >= 4 is 10.0 Å². The minimum atomic E-state index is -3.87. The zero-order chi connectivity index (χ0) is 23.7. The molecule has 0 bridgehead atoms. The molecular weight excluding hydrogens is 428 g/mol. The Bertz CT molecular complexity index is 972. The van der Waals surface area contributed by atoms with E-state index in [1.807, 2.05) is 6.92 Å². The Morgan fingerprint density at radius 1 is 1.31 bits per heavy atom. The van der Waals surface area contributed by atoms with Crippen molar-refractivity contribution in [1.29, 1.82) is 0 Å². The van der Waals surface area contributed by atoms with E-state index in [4.69, 9.17) is 4.74 Å². The second-order valence-electron chi connectivity index (χ2n) is 9.88. The second kappa shape index (κ2) is 9.70. The molecule has 0 aromatic heterocycles. The molecule has 1 heterocycles. The number of aliphatic hydroxyl groups is 2. The van der Waals surface area contributed by atoms with Crippen LogP contribution in [0.25, 0.3) is 0 Å². The SMILES string of the molecule is C[C@H]1CN([C@@H](C)CO)S(=O)(=O)c2ccc(C#CC(C)(C)O)cc2O[C@H]1CN(C)CC1CC1. The molecule has 7 nitrogen and oxygen atoms in total. The summed E-state index contributed by atoms with van der Waals surface area (Å²) in [6, 6.07) is 4.23. The first-order valence-electron chi connectivity index (χ1n) is 11.3. The third-order valence-corrected chi connectivity index (χ3v) is 7.96. The van der Waals surface area contributed by atoms with Crippen LogP contribution in [0.5, 0.6) is 5.75 Å². The summed E-state index contributed by atoms with van der Waals surface area (Å²) in [5.41, 5.74) is -0.589. The Hall–Kier alpha value is -1.63. The van der Waals surface area contributed by atoms with Gasteiger partial charge in [0.05, 0.1) is 6.61 Å². The number of benzene rings is 1. The molecule has 2 N–H and O–H groups in total. The molecule has 178 valence electrons. The number of hydrogen-bond donors (Lipinski definition) is 2. The van der Waals surface area contributed by atoms with Gasteiger partial charge in [-0.25, -0.2) is 8.42 Å². The van der Waals surface area contributed by atoms with Crippen molar-refractivity contribution < 1.29 is 23.4 Å². The molecule has 0 saturated heterocycles. The van der Waals surface area contributed by atoms with E-state index < -0.39 is 21.7 Å². The van der Waals surface area contributed by atoms with Gasteiger partial charge in [-0.3, -0.25) is 0 Å². The number of aliphatic hydroxyl groups excluding tert-OH is 1. The second-order valence-corrected chi connectivity index (χ2v) is 11.7. The number of hydrogen-bond acceptors (Lipinski definition) is 6. The van der Waals surface area contributed by atoms with Gasteiger partial charge in [-0.2, -0.15) is 4.31 Å². The molecule has 3 rings (SSSR count). The molecule has 0 spiro atoms. The number of rotatable bonds is 6. The fourth-order valence-electron chi connectivity index (χ4n) is 3.87. The largest absolute Gasteiger partial charge is 0.487 e. The highest BCUT2D eigenvalue weighted by atomic mass is 32.2. The third kappa shape index (κ3) is 6.24. The van der Waals surface area contributed by atoms with Crippen LogP contribution in [-0.4, -0.2) is 78.9 Å². The first kappa shape index (κ1) is 25.0. The normalized spacial score (nSPS) is 24.5. The van der Waals surface area contributed by atoms with Crippen molar-refractivity contribution in [1.82, 2.24) is 9.21 Å². The lowest BCUT2D eigenvalue weighted by Gasteiger charge is -2.37. The predicted octanol–water partition coefficient (Wildman–Crippen LogP) is 1.92. The van der Waals surface area contributed by atoms with E-state index >= 15 is 0 Å². The minimum absolute atomic E-state index is 0.0772. The van der Waals surface area contributed by atoms with Crippen LogP contribution in [0.1, 0.15) is 46.1 Å². The maximum absolute atomic E-state index is 13.5. The van der Waals surface area contributed by atoms with Gasteiger partial charge < -0.3 is 19.8 Å². The Morgan fingerprint density at radius 3 is 2.59 bits per heavy atom. The number of nitrogens with zero attached hydrogens (tertiary/aromatic N) is 2. The topological polar surface area (TPSA) is 90.3 Å². The van der Waals surface area contributed by atoms with E-state index in [2.05, 4.69) is 23.8 Å². The quantitative estimate of drug-likeness (QED) is 0.625. The van der Waals surface area contributed by atoms with Crippen molar-refractivity contribution in [2.75, 3.05) is 33.3 Å². The summed E-state index contributed by atoms with van der Waals surface area (Å²) in [4.78, 5) is 2.33. The van der Waals surface area contributed by atoms with Crippen LogP contribution in [0.2, 0.25) is 0 Å². The molecule has 0 radical (unpaired) electrons. The summed E-state index contributed by atoms with van der Waals surface area (Å²) in [6.45, 7) is 8.58. The number of sulfonamides is 1. The van der Waals surface area contributed by atoms with Gasteiger partial charge in [-0.15, -0.1) is 0 Å². The Balaban J connectivity index is 2.02. The van der Waals surface area contributed by atoms with Gasteiger partial charge in [0.15, 0.2) is 0 Å². The van der Waals surface area contributed by atoms with Gasteiger partial charge in [-0.05, 0) is 64.8 Å². The van der Waals surface area contributed by atoms with Crippen molar-refractivity contribution in [3.8, 4) is 17.6 Å². The van der Waals surface area contributed by atoms with Gasteiger partial charge in [0.25, 0.3) is 0 Å². The average molecular weight is 465 g/mol. The van der Waals surface area contributed by atoms with Crippen molar-refractivity contribution in [2.45, 2.75) is 63.2 Å². The minimum Gasteiger partial charge on any atom is -0.487 e. The van der Waals surface area contributed by atoms with Crippen LogP contribution in [0, 0.1) is 23.7 Å². The van der Waals surface area contributed by atoms with E-state index in [1.165, 1.54) is 23.2 Å². The molecule has 8 heteroatoms. The van der Waals surface area contributed by atoms with Crippen molar-refractivity contribution in [3.05, 3.63) is 23.8 Å². The van der Waals surface area contributed by atoms with Crippen LogP contribution in [0.3, 0.4) is 0 Å². The first-order valence-corrected chi connectivity index (χ1v) is 12.7. The maximum Gasteiger partial charge on any atom is 0.247 e. The van der Waals surface area contributed by atoms with Gasteiger partial charge in [0.2, 0.25) is 10.0 Å². The molecule has 1 aromatic rings. The van der Waals surface area contributed by atoms with Crippen LogP contribution in [0.4, 0.5) is 0 Å². The summed E-state index contributed by atoms with van der Waals surface area (Å²) >= 11 is 0. The summed E-state index contributed by atoms with van der Waals surface area (Å²) in [5.74, 6) is 6.59. The van der Waals surface area contributed by atoms with Crippen LogP contribution < -0.4 is 4.74 Å². The van der Waals surface area contributed by atoms with Crippen LogP contribution in [-0.2, 0) is 10.0 Å². The van der Waals surface area contributed by atoms with Gasteiger partial charge in [-0.1, -0.05) is 18.8 Å². The van der Waals surface area contributed by atoms with Gasteiger partial charge in [0, 0.05) is 37.2 Å². The summed E-state index contributed by atoms with van der Waals surface area (Å²) < 4.78 is 34.7. The van der Waals surface area contributed by atoms with Crippen LogP contribution in [0.15, 0.2) is 23.1 Å². The van der Waals surface area contributed by atoms with E-state index in [9.17, 15) is 18.6 Å². The molecule has 3 atom stereocenters. The monoisotopic (exact) mass is 464 g/mol. The Morgan fingerprint density at radius 2 is 2.00 bits per heavy atom. The smallest absolute Gasteiger partial charge is 0.247 e. The van der Waals surface area contributed by atoms with Gasteiger partial charge in [0.1, 0.15) is 22.4 Å². The fourth-order valence-corrected chi connectivity index (χ4v) is 5.70. The first-order chi connectivity index (χ1) is 14.9. The molecule has 2 aliphatic rings. The molecular formula is C24H36N2O5S. The highest BCUT2D eigenvalue weighted by molar-refractivity contribution is 7.89. The van der Waals surface area contributed by atoms with Crippen molar-refractivity contribution in [3.63, 3.8) is 0 Å². The zero-order valence-corrected chi connectivity index (χ0v) is 20.5. The molecule has 0 unspecified atom stereocenters. The highest BCUT2D eigenvalue weighted by Crippen LogP contribution is 2.35. The van der Waals surface area contributed by atoms with E-state index in [1.54, 1.807) is 32.9 Å². The molecule has 32 heavy (non-hydrogen) atoms. The molecule has 1 aliphatic carbocycles. The molecule has 1 saturated carbocycles. The van der Waals surface area contributed by atoms with Crippen LogP contribution >= 0.6 is 0 Å². The Labute approximate surface area is 192 Å². The summed E-state index contributed by atoms with van der Waals surface area (Å²) in [6.07, 6.45) is 2.30. The van der Waals surface area contributed by atoms with Gasteiger partial charge >= 0.3 is 0 Å². The molecule has 1 fully saturated rings.